The summed E-state index contributed by atoms with van der Waals surface area (Å²) >= 11 is 0. The lowest BCUT2D eigenvalue weighted by atomic mass is 10.1. The molecule has 2 aromatic carbocycles. The van der Waals surface area contributed by atoms with Gasteiger partial charge in [0.25, 0.3) is 0 Å². The monoisotopic (exact) mass is 264 g/mol. The minimum Gasteiger partial charge on any atom is -0.298 e. The van der Waals surface area contributed by atoms with E-state index in [0.29, 0.717) is 5.56 Å². The summed E-state index contributed by atoms with van der Waals surface area (Å²) in [6.45, 7) is 5.76. The molecule has 0 amide bonds. The minimum atomic E-state index is 0.0614. The number of ketones is 1. The molecule has 3 heteroatoms. The Kier molecular flexibility index (Phi) is 2.90. The molecule has 100 valence electrons. The maximum atomic E-state index is 11.8. The molecule has 3 nitrogen and oxygen atoms in total. The predicted octanol–water partition coefficient (Wildman–Crippen LogP) is 3.84. The van der Waals surface area contributed by atoms with E-state index in [9.17, 15) is 4.79 Å². The summed E-state index contributed by atoms with van der Waals surface area (Å²) in [5.41, 5.74) is 6.02. The predicted molar refractivity (Wildman–Crippen MR) is 80.5 cm³/mol. The molecule has 3 rings (SSSR count). The van der Waals surface area contributed by atoms with E-state index in [1.54, 1.807) is 13.3 Å². The van der Waals surface area contributed by atoms with Crippen molar-refractivity contribution < 1.29 is 4.79 Å². The van der Waals surface area contributed by atoms with Crippen molar-refractivity contribution >= 4 is 16.8 Å². The van der Waals surface area contributed by atoms with Crippen molar-refractivity contribution in [3.05, 3.63) is 59.4 Å². The average Bonchev–Trinajstić information content (AvgIpc) is 2.82. The SMILES string of the molecule is CC(=O)c1ccccc1-n1cnc2cc(C)c(C)cc21. The first-order valence-electron chi connectivity index (χ1n) is 6.62. The fraction of sp³-hybridized carbons (Fsp3) is 0.176. The second kappa shape index (κ2) is 4.60. The Balaban J connectivity index is 2.31. The zero-order chi connectivity index (χ0) is 14.3. The number of hydrogen-bond acceptors (Lipinski definition) is 2. The number of aryl methyl sites for hydroxylation is 2. The lowest BCUT2D eigenvalue weighted by Gasteiger charge is -2.09. The fourth-order valence-corrected chi connectivity index (χ4v) is 2.44. The number of benzene rings is 2. The first-order valence-corrected chi connectivity index (χ1v) is 6.62. The maximum Gasteiger partial charge on any atom is 0.161 e. The molecule has 3 aromatic rings. The van der Waals surface area contributed by atoms with Gasteiger partial charge < -0.3 is 0 Å². The molecule has 0 atom stereocenters. The number of carbonyl (C=O) groups excluding carboxylic acids is 1. The van der Waals surface area contributed by atoms with E-state index >= 15 is 0 Å². The van der Waals surface area contributed by atoms with Crippen LogP contribution in [0.4, 0.5) is 0 Å². The topological polar surface area (TPSA) is 34.9 Å². The van der Waals surface area contributed by atoms with Crippen LogP contribution in [-0.4, -0.2) is 15.3 Å². The number of aromatic nitrogens is 2. The Bertz CT molecular complexity index is 815. The molecule has 0 saturated carbocycles. The first kappa shape index (κ1) is 12.6. The van der Waals surface area contributed by atoms with E-state index in [2.05, 4.69) is 31.0 Å². The Labute approximate surface area is 117 Å². The molecular weight excluding hydrogens is 248 g/mol. The summed E-state index contributed by atoms with van der Waals surface area (Å²) in [4.78, 5) is 16.2. The number of Topliss-reactive ketones (excluding diaryl/α,β-unsaturated/α-hetero) is 1. The Morgan fingerprint density at radius 1 is 1.10 bits per heavy atom. The van der Waals surface area contributed by atoms with E-state index in [1.807, 2.05) is 28.8 Å². The molecule has 20 heavy (non-hydrogen) atoms. The smallest absolute Gasteiger partial charge is 0.161 e. The molecule has 1 aromatic heterocycles. The Hall–Kier alpha value is -2.42. The van der Waals surface area contributed by atoms with Crippen LogP contribution >= 0.6 is 0 Å². The molecule has 0 radical (unpaired) electrons. The second-order valence-electron chi connectivity index (χ2n) is 5.11. The van der Waals surface area contributed by atoms with Gasteiger partial charge in [0.1, 0.15) is 6.33 Å². The van der Waals surface area contributed by atoms with Crippen LogP contribution in [0.2, 0.25) is 0 Å². The second-order valence-corrected chi connectivity index (χ2v) is 5.11. The minimum absolute atomic E-state index is 0.0614. The quantitative estimate of drug-likeness (QED) is 0.659. The average molecular weight is 264 g/mol. The van der Waals surface area contributed by atoms with Crippen molar-refractivity contribution in [1.82, 2.24) is 9.55 Å². The molecule has 0 fully saturated rings. The molecule has 0 aliphatic carbocycles. The number of rotatable bonds is 2. The number of para-hydroxylation sites is 1. The summed E-state index contributed by atoms with van der Waals surface area (Å²) in [7, 11) is 0. The summed E-state index contributed by atoms with van der Waals surface area (Å²) in [6.07, 6.45) is 1.78. The van der Waals surface area contributed by atoms with Crippen molar-refractivity contribution in [3.8, 4) is 5.69 Å². The lowest BCUT2D eigenvalue weighted by molar-refractivity contribution is 0.101. The van der Waals surface area contributed by atoms with Crippen LogP contribution in [0.25, 0.3) is 16.7 Å². The maximum absolute atomic E-state index is 11.8. The fourth-order valence-electron chi connectivity index (χ4n) is 2.44. The zero-order valence-electron chi connectivity index (χ0n) is 11.8. The number of imidazole rings is 1. The highest BCUT2D eigenvalue weighted by Crippen LogP contribution is 2.24. The van der Waals surface area contributed by atoms with Crippen molar-refractivity contribution in [3.63, 3.8) is 0 Å². The van der Waals surface area contributed by atoms with Gasteiger partial charge in [-0.25, -0.2) is 4.98 Å². The molecular formula is C17H16N2O. The van der Waals surface area contributed by atoms with Crippen LogP contribution < -0.4 is 0 Å². The Morgan fingerprint density at radius 2 is 1.80 bits per heavy atom. The highest BCUT2D eigenvalue weighted by atomic mass is 16.1. The zero-order valence-corrected chi connectivity index (χ0v) is 11.8. The van der Waals surface area contributed by atoms with Gasteiger partial charge in [0.2, 0.25) is 0 Å². The third kappa shape index (κ3) is 1.92. The molecule has 1 heterocycles. The van der Waals surface area contributed by atoms with E-state index in [-0.39, 0.29) is 5.78 Å². The molecule has 0 saturated heterocycles. The van der Waals surface area contributed by atoms with Gasteiger partial charge in [-0.2, -0.15) is 0 Å². The normalized spacial score (nSPS) is 10.9. The molecule has 0 bridgehead atoms. The van der Waals surface area contributed by atoms with Crippen molar-refractivity contribution in [2.45, 2.75) is 20.8 Å². The van der Waals surface area contributed by atoms with Gasteiger partial charge in [0.05, 0.1) is 16.7 Å². The first-order chi connectivity index (χ1) is 9.58. The van der Waals surface area contributed by atoms with Crippen LogP contribution in [0.5, 0.6) is 0 Å². The van der Waals surface area contributed by atoms with Gasteiger partial charge in [-0.05, 0) is 56.2 Å². The van der Waals surface area contributed by atoms with Gasteiger partial charge in [-0.1, -0.05) is 12.1 Å². The van der Waals surface area contributed by atoms with Crippen LogP contribution in [0.3, 0.4) is 0 Å². The number of hydrogen-bond donors (Lipinski definition) is 0. The van der Waals surface area contributed by atoms with Crippen LogP contribution in [0.1, 0.15) is 28.4 Å². The lowest BCUT2D eigenvalue weighted by Crippen LogP contribution is -2.02. The third-order valence-electron chi connectivity index (χ3n) is 3.71. The van der Waals surface area contributed by atoms with Crippen LogP contribution in [0, 0.1) is 13.8 Å². The summed E-state index contributed by atoms with van der Waals surface area (Å²) in [5, 5.41) is 0. The van der Waals surface area contributed by atoms with Gasteiger partial charge in [0, 0.05) is 5.56 Å². The van der Waals surface area contributed by atoms with E-state index < -0.39 is 0 Å². The van der Waals surface area contributed by atoms with Gasteiger partial charge in [-0.3, -0.25) is 9.36 Å². The van der Waals surface area contributed by atoms with E-state index in [4.69, 9.17) is 0 Å². The standard InChI is InChI=1S/C17H16N2O/c1-11-8-15-17(9-12(11)2)19(10-18-15)16-7-5-4-6-14(16)13(3)20/h4-10H,1-3H3. The van der Waals surface area contributed by atoms with Crippen molar-refractivity contribution in [2.75, 3.05) is 0 Å². The summed E-state index contributed by atoms with van der Waals surface area (Å²) in [5.74, 6) is 0.0614. The highest BCUT2D eigenvalue weighted by Gasteiger charge is 2.12. The van der Waals surface area contributed by atoms with E-state index in [1.165, 1.54) is 11.1 Å². The molecule has 0 unspecified atom stereocenters. The van der Waals surface area contributed by atoms with Gasteiger partial charge >= 0.3 is 0 Å². The summed E-state index contributed by atoms with van der Waals surface area (Å²) < 4.78 is 1.98. The molecule has 0 aliphatic heterocycles. The number of nitrogens with zero attached hydrogens (tertiary/aromatic N) is 2. The van der Waals surface area contributed by atoms with Crippen LogP contribution in [-0.2, 0) is 0 Å². The molecule has 0 N–H and O–H groups in total. The van der Waals surface area contributed by atoms with Gasteiger partial charge in [0.15, 0.2) is 5.78 Å². The molecule has 0 aliphatic rings. The number of carbonyl (C=O) groups is 1. The Morgan fingerprint density at radius 3 is 2.55 bits per heavy atom. The van der Waals surface area contributed by atoms with Crippen molar-refractivity contribution in [1.29, 1.82) is 0 Å². The summed E-state index contributed by atoms with van der Waals surface area (Å²) in [6, 6.07) is 11.8. The van der Waals surface area contributed by atoms with Crippen molar-refractivity contribution in [2.24, 2.45) is 0 Å². The van der Waals surface area contributed by atoms with Gasteiger partial charge in [-0.15, -0.1) is 0 Å². The molecule has 0 spiro atoms. The van der Waals surface area contributed by atoms with Crippen LogP contribution in [0.15, 0.2) is 42.7 Å². The number of fused-ring (bicyclic) bond motifs is 1. The largest absolute Gasteiger partial charge is 0.298 e. The highest BCUT2D eigenvalue weighted by molar-refractivity contribution is 5.98. The third-order valence-corrected chi connectivity index (χ3v) is 3.71. The van der Waals surface area contributed by atoms with E-state index in [0.717, 1.165) is 16.7 Å².